The van der Waals surface area contributed by atoms with Crippen molar-refractivity contribution in [1.29, 1.82) is 0 Å². The summed E-state index contributed by atoms with van der Waals surface area (Å²) < 4.78 is 39.3. The smallest absolute Gasteiger partial charge is 0.378 e. The number of thiophene rings is 1. The van der Waals surface area contributed by atoms with Crippen LogP contribution in [0.15, 0.2) is 39.5 Å². The Balaban J connectivity index is 2.30. The largest absolute Gasteiger partial charge is 0.418 e. The molecule has 0 spiro atoms. The molecule has 102 valence electrons. The van der Waals surface area contributed by atoms with E-state index in [2.05, 4.69) is 21.2 Å². The molecule has 1 heterocycles. The molecule has 2 rings (SSSR count). The van der Waals surface area contributed by atoms with Crippen molar-refractivity contribution in [3.8, 4) is 0 Å². The van der Waals surface area contributed by atoms with Crippen LogP contribution in [0.4, 0.5) is 18.9 Å². The molecule has 1 nitrogen and oxygen atoms in total. The van der Waals surface area contributed by atoms with E-state index in [0.29, 0.717) is 4.47 Å². The average molecular weight is 350 g/mol. The summed E-state index contributed by atoms with van der Waals surface area (Å²) in [6.45, 7) is 1.84. The van der Waals surface area contributed by atoms with E-state index in [-0.39, 0.29) is 11.7 Å². The van der Waals surface area contributed by atoms with Crippen molar-refractivity contribution in [2.75, 3.05) is 5.32 Å². The van der Waals surface area contributed by atoms with E-state index < -0.39 is 11.7 Å². The summed E-state index contributed by atoms with van der Waals surface area (Å²) in [5.41, 5.74) is 0.402. The molecule has 6 heteroatoms. The van der Waals surface area contributed by atoms with Gasteiger partial charge in [-0.1, -0.05) is 15.9 Å². The summed E-state index contributed by atoms with van der Waals surface area (Å²) in [7, 11) is 0. The van der Waals surface area contributed by atoms with E-state index in [1.807, 2.05) is 23.8 Å². The van der Waals surface area contributed by atoms with Gasteiger partial charge < -0.3 is 5.32 Å². The SMILES string of the molecule is CC(Nc1ccc(Br)cc1C(F)(F)F)c1ccsc1. The topological polar surface area (TPSA) is 12.0 Å². The van der Waals surface area contributed by atoms with Gasteiger partial charge in [-0.05, 0) is 47.5 Å². The second-order valence-corrected chi connectivity index (χ2v) is 5.81. The molecule has 0 aliphatic carbocycles. The van der Waals surface area contributed by atoms with Crippen LogP contribution in [0.2, 0.25) is 0 Å². The van der Waals surface area contributed by atoms with Crippen molar-refractivity contribution in [3.05, 3.63) is 50.6 Å². The van der Waals surface area contributed by atoms with Crippen LogP contribution in [0.5, 0.6) is 0 Å². The molecule has 1 N–H and O–H groups in total. The second-order valence-electron chi connectivity index (χ2n) is 4.11. The van der Waals surface area contributed by atoms with Gasteiger partial charge in [-0.15, -0.1) is 0 Å². The zero-order valence-electron chi connectivity index (χ0n) is 9.96. The second kappa shape index (κ2) is 5.54. The third kappa shape index (κ3) is 3.51. The van der Waals surface area contributed by atoms with Crippen molar-refractivity contribution < 1.29 is 13.2 Å². The standard InChI is InChI=1S/C13H11BrF3NS/c1-8(9-4-5-19-7-9)18-12-3-2-10(14)6-11(12)13(15,16)17/h2-8,18H,1H3. The highest BCUT2D eigenvalue weighted by Crippen LogP contribution is 2.37. The van der Waals surface area contributed by atoms with Crippen LogP contribution in [-0.2, 0) is 6.18 Å². The lowest BCUT2D eigenvalue weighted by Crippen LogP contribution is -2.13. The molecule has 0 fully saturated rings. The zero-order chi connectivity index (χ0) is 14.0. The van der Waals surface area contributed by atoms with Gasteiger partial charge in [0, 0.05) is 16.2 Å². The molecule has 0 aliphatic heterocycles. The highest BCUT2D eigenvalue weighted by Gasteiger charge is 2.34. The number of anilines is 1. The number of rotatable bonds is 3. The predicted molar refractivity (Wildman–Crippen MR) is 75.5 cm³/mol. The van der Waals surface area contributed by atoms with Gasteiger partial charge in [0.15, 0.2) is 0 Å². The van der Waals surface area contributed by atoms with Crippen molar-refractivity contribution >= 4 is 33.0 Å². The molecule has 0 bridgehead atoms. The van der Waals surface area contributed by atoms with Crippen LogP contribution >= 0.6 is 27.3 Å². The Morgan fingerprint density at radius 2 is 2.00 bits per heavy atom. The molecule has 0 amide bonds. The Morgan fingerprint density at radius 1 is 1.26 bits per heavy atom. The normalized spacial score (nSPS) is 13.3. The van der Waals surface area contributed by atoms with Crippen LogP contribution in [0.25, 0.3) is 0 Å². The van der Waals surface area contributed by atoms with E-state index in [0.717, 1.165) is 11.6 Å². The van der Waals surface area contributed by atoms with Gasteiger partial charge in [0.2, 0.25) is 0 Å². The summed E-state index contributed by atoms with van der Waals surface area (Å²) in [6, 6.07) is 5.85. The molecular weight excluding hydrogens is 339 g/mol. The maximum absolute atomic E-state index is 13.0. The van der Waals surface area contributed by atoms with Gasteiger partial charge in [0.1, 0.15) is 0 Å². The van der Waals surface area contributed by atoms with Gasteiger partial charge in [-0.25, -0.2) is 0 Å². The monoisotopic (exact) mass is 349 g/mol. The quantitative estimate of drug-likeness (QED) is 0.748. The summed E-state index contributed by atoms with van der Waals surface area (Å²) in [6.07, 6.45) is -4.37. The Hall–Kier alpha value is -1.01. The molecule has 1 unspecified atom stereocenters. The number of hydrogen-bond donors (Lipinski definition) is 1. The van der Waals surface area contributed by atoms with E-state index in [9.17, 15) is 13.2 Å². The highest BCUT2D eigenvalue weighted by atomic mass is 79.9. The van der Waals surface area contributed by atoms with Gasteiger partial charge >= 0.3 is 6.18 Å². The van der Waals surface area contributed by atoms with Crippen LogP contribution in [0, 0.1) is 0 Å². The molecule has 1 aromatic heterocycles. The Bertz CT molecular complexity index is 552. The zero-order valence-corrected chi connectivity index (χ0v) is 12.4. The van der Waals surface area contributed by atoms with Crippen LogP contribution in [0.3, 0.4) is 0 Å². The summed E-state index contributed by atoms with van der Waals surface area (Å²) >= 11 is 4.59. The van der Waals surface area contributed by atoms with Crippen molar-refractivity contribution in [2.24, 2.45) is 0 Å². The molecule has 0 aliphatic rings. The Kier molecular flexibility index (Phi) is 4.20. The fraction of sp³-hybridized carbons (Fsp3) is 0.231. The Morgan fingerprint density at radius 3 is 2.58 bits per heavy atom. The van der Waals surface area contributed by atoms with Gasteiger partial charge in [0.05, 0.1) is 5.56 Å². The predicted octanol–water partition coefficient (Wildman–Crippen LogP) is 5.70. The first-order valence-electron chi connectivity index (χ1n) is 5.53. The lowest BCUT2D eigenvalue weighted by atomic mass is 10.1. The molecular formula is C13H11BrF3NS. The third-order valence-electron chi connectivity index (χ3n) is 2.70. The summed E-state index contributed by atoms with van der Waals surface area (Å²) in [4.78, 5) is 0. The van der Waals surface area contributed by atoms with Crippen LogP contribution in [0.1, 0.15) is 24.1 Å². The molecule has 1 atom stereocenters. The van der Waals surface area contributed by atoms with E-state index >= 15 is 0 Å². The summed E-state index contributed by atoms with van der Waals surface area (Å²) in [5, 5.41) is 6.74. The number of benzene rings is 1. The fourth-order valence-electron chi connectivity index (χ4n) is 1.71. The number of nitrogens with one attached hydrogen (secondary N) is 1. The van der Waals surface area contributed by atoms with E-state index in [1.54, 1.807) is 6.07 Å². The third-order valence-corrected chi connectivity index (χ3v) is 3.90. The van der Waals surface area contributed by atoms with Crippen LogP contribution < -0.4 is 5.32 Å². The maximum Gasteiger partial charge on any atom is 0.418 e. The molecule has 1 aromatic carbocycles. The van der Waals surface area contributed by atoms with Crippen molar-refractivity contribution in [3.63, 3.8) is 0 Å². The first-order chi connectivity index (χ1) is 8.88. The molecule has 19 heavy (non-hydrogen) atoms. The number of hydrogen-bond acceptors (Lipinski definition) is 2. The molecule has 0 saturated heterocycles. The minimum Gasteiger partial charge on any atom is -0.378 e. The van der Waals surface area contributed by atoms with Crippen LogP contribution in [-0.4, -0.2) is 0 Å². The Labute approximate surface area is 121 Å². The molecule has 2 aromatic rings. The van der Waals surface area contributed by atoms with Crippen molar-refractivity contribution in [1.82, 2.24) is 0 Å². The lowest BCUT2D eigenvalue weighted by Gasteiger charge is -2.19. The average Bonchev–Trinajstić information content (AvgIpc) is 2.83. The lowest BCUT2D eigenvalue weighted by molar-refractivity contribution is -0.137. The van der Waals surface area contributed by atoms with Gasteiger partial charge in [0.25, 0.3) is 0 Å². The first-order valence-corrected chi connectivity index (χ1v) is 7.27. The minimum atomic E-state index is -4.37. The fourth-order valence-corrected chi connectivity index (χ4v) is 2.83. The maximum atomic E-state index is 13.0. The molecule has 0 saturated carbocycles. The van der Waals surface area contributed by atoms with Gasteiger partial charge in [-0.3, -0.25) is 0 Å². The van der Waals surface area contributed by atoms with E-state index in [4.69, 9.17) is 0 Å². The minimum absolute atomic E-state index is 0.0920. The highest BCUT2D eigenvalue weighted by molar-refractivity contribution is 9.10. The van der Waals surface area contributed by atoms with E-state index in [1.165, 1.54) is 17.4 Å². The number of alkyl halides is 3. The first kappa shape index (κ1) is 14.4. The van der Waals surface area contributed by atoms with Gasteiger partial charge in [-0.2, -0.15) is 24.5 Å². The number of halogens is 4. The van der Waals surface area contributed by atoms with Crippen molar-refractivity contribution in [2.45, 2.75) is 19.1 Å². The molecule has 0 radical (unpaired) electrons. The summed E-state index contributed by atoms with van der Waals surface area (Å²) in [5.74, 6) is 0.